The van der Waals surface area contributed by atoms with Gasteiger partial charge in [0.1, 0.15) is 4.88 Å². The van der Waals surface area contributed by atoms with Crippen LogP contribution in [0.3, 0.4) is 0 Å². The number of fused-ring (bicyclic) bond motifs is 1. The molecule has 0 aliphatic carbocycles. The second-order valence-corrected chi connectivity index (χ2v) is 10.5. The summed E-state index contributed by atoms with van der Waals surface area (Å²) in [5.41, 5.74) is -0.804. The average molecular weight is 454 g/mol. The maximum Gasteiger partial charge on any atom is 0.416 e. The molecule has 1 saturated heterocycles. The summed E-state index contributed by atoms with van der Waals surface area (Å²) in [4.78, 5) is 14.8. The molecule has 0 bridgehead atoms. The van der Waals surface area contributed by atoms with Crippen LogP contribution in [0.4, 0.5) is 13.2 Å². The lowest BCUT2D eigenvalue weighted by atomic mass is 10.1. The van der Waals surface area contributed by atoms with Crippen molar-refractivity contribution in [3.63, 3.8) is 0 Å². The third-order valence-electron chi connectivity index (χ3n) is 4.81. The van der Waals surface area contributed by atoms with E-state index in [0.717, 1.165) is 29.9 Å². The van der Waals surface area contributed by atoms with Crippen molar-refractivity contribution < 1.29 is 26.4 Å². The smallest absolute Gasteiger partial charge is 0.334 e. The lowest BCUT2D eigenvalue weighted by Crippen LogP contribution is -2.41. The molecule has 1 aromatic heterocycles. The summed E-state index contributed by atoms with van der Waals surface area (Å²) < 4.78 is 62.9. The van der Waals surface area contributed by atoms with Crippen molar-refractivity contribution >= 4 is 48.8 Å². The predicted molar refractivity (Wildman–Crippen MR) is 105 cm³/mol. The molecule has 1 aromatic carbocycles. The highest BCUT2D eigenvalue weighted by atomic mass is 35.5. The molecular weight excluding hydrogens is 435 g/mol. The first-order valence-corrected chi connectivity index (χ1v) is 11.9. The molecule has 10 heteroatoms. The number of halogens is 4. The summed E-state index contributed by atoms with van der Waals surface area (Å²) in [6.07, 6.45) is -2.61. The highest BCUT2D eigenvalue weighted by Gasteiger charge is 2.36. The van der Waals surface area contributed by atoms with Gasteiger partial charge >= 0.3 is 6.18 Å². The van der Waals surface area contributed by atoms with Gasteiger partial charge in [0.25, 0.3) is 5.91 Å². The molecule has 0 saturated carbocycles. The molecule has 0 radical (unpaired) electrons. The Hall–Kier alpha value is -1.32. The number of hydrogen-bond acceptors (Lipinski definition) is 4. The van der Waals surface area contributed by atoms with Crippen LogP contribution < -0.4 is 0 Å². The van der Waals surface area contributed by atoms with Gasteiger partial charge in [-0.2, -0.15) is 13.2 Å². The molecule has 2 aromatic rings. The third kappa shape index (κ3) is 4.31. The SMILES string of the molecule is CCCCN(C(=O)c1sc2cc(C(F)(F)F)ccc2c1Cl)C1CCS(=O)(=O)C1. The monoisotopic (exact) mass is 453 g/mol. The van der Waals surface area contributed by atoms with E-state index in [1.54, 1.807) is 0 Å². The molecular formula is C18H19ClF3NO3S2. The summed E-state index contributed by atoms with van der Waals surface area (Å²) in [6, 6.07) is 2.76. The van der Waals surface area contributed by atoms with Crippen molar-refractivity contribution in [1.82, 2.24) is 4.90 Å². The highest BCUT2D eigenvalue weighted by Crippen LogP contribution is 2.40. The Bertz CT molecular complexity index is 1000. The van der Waals surface area contributed by atoms with Gasteiger partial charge in [-0.15, -0.1) is 11.3 Å². The molecule has 0 spiro atoms. The van der Waals surface area contributed by atoms with Gasteiger partial charge in [0.15, 0.2) is 9.84 Å². The van der Waals surface area contributed by atoms with Crippen molar-refractivity contribution in [2.45, 2.75) is 38.4 Å². The minimum Gasteiger partial charge on any atom is -0.334 e. The van der Waals surface area contributed by atoms with Gasteiger partial charge in [0, 0.05) is 22.7 Å². The first kappa shape index (κ1) is 21.4. The topological polar surface area (TPSA) is 54.5 Å². The number of carbonyl (C=O) groups excluding carboxylic acids is 1. The van der Waals surface area contributed by atoms with Gasteiger partial charge in [-0.25, -0.2) is 8.42 Å². The molecule has 4 nitrogen and oxygen atoms in total. The lowest BCUT2D eigenvalue weighted by molar-refractivity contribution is -0.137. The number of benzene rings is 1. The zero-order chi connectivity index (χ0) is 20.7. The normalized spacial score (nSPS) is 19.2. The Balaban J connectivity index is 1.98. The molecule has 1 atom stereocenters. The maximum absolute atomic E-state index is 13.2. The van der Waals surface area contributed by atoms with Crippen molar-refractivity contribution in [3.8, 4) is 0 Å². The number of unbranched alkanes of at least 4 members (excludes halogenated alkanes) is 1. The Morgan fingerprint density at radius 2 is 2.07 bits per heavy atom. The number of hydrogen-bond donors (Lipinski definition) is 0. The molecule has 0 N–H and O–H groups in total. The summed E-state index contributed by atoms with van der Waals surface area (Å²) in [5, 5.41) is 0.499. The standard InChI is InChI=1S/C18H19ClF3NO3S2/c1-2-3-7-23(12-6-8-28(25,26)10-12)17(24)16-15(19)13-5-4-11(18(20,21)22)9-14(13)27-16/h4-5,9,12H,2-3,6-8,10H2,1H3. The van der Waals surface area contributed by atoms with Crippen LogP contribution >= 0.6 is 22.9 Å². The number of amides is 1. The number of nitrogens with zero attached hydrogens (tertiary/aromatic N) is 1. The van der Waals surface area contributed by atoms with Gasteiger partial charge in [0.2, 0.25) is 0 Å². The lowest BCUT2D eigenvalue weighted by Gasteiger charge is -2.28. The van der Waals surface area contributed by atoms with E-state index in [0.29, 0.717) is 24.8 Å². The van der Waals surface area contributed by atoms with Crippen LogP contribution in [-0.2, 0) is 16.0 Å². The minimum absolute atomic E-state index is 0.0304. The molecule has 1 unspecified atom stereocenters. The maximum atomic E-state index is 13.2. The molecule has 154 valence electrons. The van der Waals surface area contributed by atoms with Crippen LogP contribution in [0.5, 0.6) is 0 Å². The summed E-state index contributed by atoms with van der Waals surface area (Å²) in [5.74, 6) is -0.485. The zero-order valence-electron chi connectivity index (χ0n) is 15.1. The first-order chi connectivity index (χ1) is 13.0. The molecule has 3 rings (SSSR count). The Labute approximate surface area is 170 Å². The predicted octanol–water partition coefficient (Wildman–Crippen LogP) is 5.00. The fourth-order valence-electron chi connectivity index (χ4n) is 3.31. The minimum atomic E-state index is -4.49. The third-order valence-corrected chi connectivity index (χ3v) is 8.21. The van der Waals surface area contributed by atoms with E-state index in [1.165, 1.54) is 11.0 Å². The zero-order valence-corrected chi connectivity index (χ0v) is 17.4. The van der Waals surface area contributed by atoms with E-state index >= 15 is 0 Å². The van der Waals surface area contributed by atoms with Crippen LogP contribution in [-0.4, -0.2) is 43.3 Å². The van der Waals surface area contributed by atoms with E-state index < -0.39 is 33.5 Å². The van der Waals surface area contributed by atoms with Crippen LogP contribution in [0.15, 0.2) is 18.2 Å². The first-order valence-electron chi connectivity index (χ1n) is 8.84. The number of carbonyl (C=O) groups is 1. The van der Waals surface area contributed by atoms with E-state index in [9.17, 15) is 26.4 Å². The second-order valence-electron chi connectivity index (χ2n) is 6.86. The van der Waals surface area contributed by atoms with Crippen LogP contribution in [0, 0.1) is 0 Å². The van der Waals surface area contributed by atoms with E-state index in [4.69, 9.17) is 11.6 Å². The van der Waals surface area contributed by atoms with E-state index in [1.807, 2.05) is 6.92 Å². The molecule has 2 heterocycles. The summed E-state index contributed by atoms with van der Waals surface area (Å²) >= 11 is 7.23. The van der Waals surface area contributed by atoms with Crippen LogP contribution in [0.25, 0.3) is 10.1 Å². The molecule has 1 aliphatic heterocycles. The Morgan fingerprint density at radius 3 is 2.64 bits per heavy atom. The van der Waals surface area contributed by atoms with Crippen LogP contribution in [0.1, 0.15) is 41.4 Å². The highest BCUT2D eigenvalue weighted by molar-refractivity contribution is 7.91. The van der Waals surface area contributed by atoms with Crippen molar-refractivity contribution in [2.24, 2.45) is 0 Å². The molecule has 28 heavy (non-hydrogen) atoms. The number of rotatable bonds is 5. The molecule has 1 fully saturated rings. The van der Waals surface area contributed by atoms with E-state index in [-0.39, 0.29) is 26.1 Å². The quantitative estimate of drug-likeness (QED) is 0.640. The van der Waals surface area contributed by atoms with Gasteiger partial charge in [-0.05, 0) is 25.0 Å². The fourth-order valence-corrected chi connectivity index (χ4v) is 6.55. The second kappa shape index (κ2) is 7.84. The summed E-state index contributed by atoms with van der Waals surface area (Å²) in [7, 11) is -3.19. The molecule has 1 amide bonds. The van der Waals surface area contributed by atoms with Crippen molar-refractivity contribution in [1.29, 1.82) is 0 Å². The van der Waals surface area contributed by atoms with Crippen molar-refractivity contribution in [3.05, 3.63) is 33.7 Å². The largest absolute Gasteiger partial charge is 0.416 e. The summed E-state index contributed by atoms with van der Waals surface area (Å²) in [6.45, 7) is 2.34. The van der Waals surface area contributed by atoms with Gasteiger partial charge < -0.3 is 4.90 Å². The van der Waals surface area contributed by atoms with Gasteiger partial charge in [0.05, 0.1) is 22.1 Å². The van der Waals surface area contributed by atoms with Crippen LogP contribution in [0.2, 0.25) is 5.02 Å². The van der Waals surface area contributed by atoms with Gasteiger partial charge in [-0.3, -0.25) is 4.79 Å². The Kier molecular flexibility index (Phi) is 5.99. The molecule has 1 aliphatic rings. The van der Waals surface area contributed by atoms with Crippen molar-refractivity contribution in [2.75, 3.05) is 18.1 Å². The number of sulfone groups is 1. The average Bonchev–Trinajstić information content (AvgIpc) is 3.13. The van der Waals surface area contributed by atoms with Gasteiger partial charge in [-0.1, -0.05) is 31.0 Å². The number of thiophene rings is 1. The Morgan fingerprint density at radius 1 is 1.36 bits per heavy atom. The fraction of sp³-hybridized carbons (Fsp3) is 0.500. The number of alkyl halides is 3. The van der Waals surface area contributed by atoms with E-state index in [2.05, 4.69) is 0 Å².